The van der Waals surface area contributed by atoms with E-state index in [9.17, 15) is 0 Å². The monoisotopic (exact) mass is 429 g/mol. The van der Waals surface area contributed by atoms with E-state index in [1.165, 1.54) is 55.5 Å². The van der Waals surface area contributed by atoms with Crippen LogP contribution in [0.3, 0.4) is 0 Å². The van der Waals surface area contributed by atoms with Gasteiger partial charge in [-0.05, 0) is 0 Å². The molecule has 0 unspecified atom stereocenters. The van der Waals surface area contributed by atoms with Crippen molar-refractivity contribution in [2.75, 3.05) is 13.9 Å². The van der Waals surface area contributed by atoms with Crippen molar-refractivity contribution in [2.45, 2.75) is 72.6 Å². The zero-order valence-corrected chi connectivity index (χ0v) is 18.4. The molecular formula is C19H35NO2Sn. The maximum atomic E-state index is 5.90. The zero-order chi connectivity index (χ0) is 17.0. The summed E-state index contributed by atoms with van der Waals surface area (Å²) in [6, 6.07) is 4.08. The molecule has 3 nitrogen and oxygen atoms in total. The van der Waals surface area contributed by atoms with Crippen molar-refractivity contribution >= 4 is 22.1 Å². The first-order chi connectivity index (χ1) is 11.2. The van der Waals surface area contributed by atoms with E-state index >= 15 is 0 Å². The van der Waals surface area contributed by atoms with Gasteiger partial charge in [0.15, 0.2) is 0 Å². The third-order valence-corrected chi connectivity index (χ3v) is 19.8. The fourth-order valence-corrected chi connectivity index (χ4v) is 19.2. The molecule has 0 saturated carbocycles. The molecule has 23 heavy (non-hydrogen) atoms. The Morgan fingerprint density at radius 1 is 0.957 bits per heavy atom. The number of pyridine rings is 1. The fraction of sp³-hybridized carbons (Fsp3) is 0.737. The number of methoxy groups -OCH3 is 1. The Hall–Kier alpha value is -0.291. The van der Waals surface area contributed by atoms with Gasteiger partial charge in [-0.1, -0.05) is 0 Å². The van der Waals surface area contributed by atoms with Gasteiger partial charge in [0.2, 0.25) is 0 Å². The number of hydrogen-bond donors (Lipinski definition) is 0. The summed E-state index contributed by atoms with van der Waals surface area (Å²) >= 11 is -2.52. The average molecular weight is 428 g/mol. The van der Waals surface area contributed by atoms with Gasteiger partial charge in [-0.15, -0.1) is 0 Å². The van der Waals surface area contributed by atoms with Crippen LogP contribution in [0, 0.1) is 0 Å². The van der Waals surface area contributed by atoms with E-state index in [4.69, 9.17) is 14.5 Å². The van der Waals surface area contributed by atoms with E-state index in [0.29, 0.717) is 6.79 Å². The van der Waals surface area contributed by atoms with Gasteiger partial charge in [-0.25, -0.2) is 0 Å². The molecular weight excluding hydrogens is 393 g/mol. The summed E-state index contributed by atoms with van der Waals surface area (Å²) in [5.41, 5.74) is 0. The molecule has 0 fully saturated rings. The van der Waals surface area contributed by atoms with Gasteiger partial charge in [0.05, 0.1) is 0 Å². The summed E-state index contributed by atoms with van der Waals surface area (Å²) in [6.07, 6.45) is 9.80. The summed E-state index contributed by atoms with van der Waals surface area (Å²) in [7, 11) is 1.68. The van der Waals surface area contributed by atoms with Crippen LogP contribution in [0.15, 0.2) is 18.3 Å². The van der Waals surface area contributed by atoms with Crippen molar-refractivity contribution < 1.29 is 9.47 Å². The van der Waals surface area contributed by atoms with Gasteiger partial charge in [-0.3, -0.25) is 0 Å². The Bertz CT molecular complexity index is 404. The van der Waals surface area contributed by atoms with Crippen molar-refractivity contribution in [2.24, 2.45) is 0 Å². The Morgan fingerprint density at radius 2 is 1.52 bits per heavy atom. The first-order valence-corrected chi connectivity index (χ1v) is 16.8. The SMILES string of the molecule is CCC[CH2][Sn]([CH2]CCC)([CH2]CCC)[c]1ncccc1OCOC. The molecule has 0 aliphatic rings. The molecule has 0 N–H and O–H groups in total. The van der Waals surface area contributed by atoms with E-state index in [1.54, 1.807) is 7.11 Å². The number of unbranched alkanes of at least 4 members (excludes halogenated alkanes) is 3. The molecule has 1 aromatic rings. The summed E-state index contributed by atoms with van der Waals surface area (Å²) < 4.78 is 16.6. The number of aromatic nitrogens is 1. The third kappa shape index (κ3) is 6.61. The molecule has 0 saturated heterocycles. The van der Waals surface area contributed by atoms with Gasteiger partial charge < -0.3 is 0 Å². The predicted molar refractivity (Wildman–Crippen MR) is 101 cm³/mol. The Balaban J connectivity index is 3.17. The summed E-state index contributed by atoms with van der Waals surface area (Å²) in [5, 5.41) is 0. The van der Waals surface area contributed by atoms with Crippen LogP contribution in [0.25, 0.3) is 0 Å². The second-order valence-corrected chi connectivity index (χ2v) is 19.4. The van der Waals surface area contributed by atoms with E-state index in [-0.39, 0.29) is 0 Å². The standard InChI is InChI=1S/C7H8NO2.3C4H9.Sn/c1-9-6-10-7-3-2-4-8-5-7;3*1-3-4-2;/h2-4H,6H2,1H3;3*1,3-4H2,2H3;. The van der Waals surface area contributed by atoms with Crippen LogP contribution < -0.4 is 8.45 Å². The van der Waals surface area contributed by atoms with Crippen molar-refractivity contribution in [1.82, 2.24) is 4.98 Å². The van der Waals surface area contributed by atoms with Gasteiger partial charge in [0, 0.05) is 0 Å². The average Bonchev–Trinajstić information content (AvgIpc) is 2.60. The second kappa shape index (κ2) is 12.1. The summed E-state index contributed by atoms with van der Waals surface area (Å²) in [5.74, 6) is 0.994. The number of rotatable bonds is 13. The molecule has 0 bridgehead atoms. The van der Waals surface area contributed by atoms with Crippen LogP contribution in [0.4, 0.5) is 0 Å². The molecule has 0 aliphatic heterocycles. The molecule has 132 valence electrons. The normalized spacial score (nSPS) is 11.7. The van der Waals surface area contributed by atoms with Crippen molar-refractivity contribution in [3.8, 4) is 5.75 Å². The number of nitrogens with zero attached hydrogens (tertiary/aromatic N) is 1. The van der Waals surface area contributed by atoms with Crippen LogP contribution >= 0.6 is 0 Å². The third-order valence-electron chi connectivity index (χ3n) is 4.63. The van der Waals surface area contributed by atoms with Crippen LogP contribution in [0.1, 0.15) is 59.3 Å². The van der Waals surface area contributed by atoms with E-state index in [2.05, 4.69) is 26.8 Å². The van der Waals surface area contributed by atoms with Gasteiger partial charge in [-0.2, -0.15) is 0 Å². The molecule has 0 radical (unpaired) electrons. The topological polar surface area (TPSA) is 31.4 Å². The van der Waals surface area contributed by atoms with Crippen molar-refractivity contribution in [3.63, 3.8) is 0 Å². The molecule has 0 aliphatic carbocycles. The predicted octanol–water partition coefficient (Wildman–Crippen LogP) is 5.12. The first kappa shape index (κ1) is 20.8. The number of hydrogen-bond acceptors (Lipinski definition) is 3. The van der Waals surface area contributed by atoms with Crippen molar-refractivity contribution in [1.29, 1.82) is 0 Å². The summed E-state index contributed by atoms with van der Waals surface area (Å²) in [4.78, 5) is 4.88. The fourth-order valence-electron chi connectivity index (χ4n) is 3.30. The molecule has 1 rings (SSSR count). The van der Waals surface area contributed by atoms with E-state index < -0.39 is 18.4 Å². The van der Waals surface area contributed by atoms with Crippen molar-refractivity contribution in [3.05, 3.63) is 18.3 Å². The molecule has 0 spiro atoms. The summed E-state index contributed by atoms with van der Waals surface area (Å²) in [6.45, 7) is 7.22. The first-order valence-electron chi connectivity index (χ1n) is 9.31. The minimum atomic E-state index is -2.52. The maximum absolute atomic E-state index is 5.90. The Morgan fingerprint density at radius 3 is 2.00 bits per heavy atom. The zero-order valence-electron chi connectivity index (χ0n) is 15.6. The molecule has 0 atom stereocenters. The van der Waals surface area contributed by atoms with Gasteiger partial charge in [0.25, 0.3) is 0 Å². The Labute approximate surface area is 147 Å². The molecule has 4 heteroatoms. The van der Waals surface area contributed by atoms with Crippen LogP contribution in [-0.4, -0.2) is 37.3 Å². The Kier molecular flexibility index (Phi) is 10.9. The molecule has 0 amide bonds. The van der Waals surface area contributed by atoms with E-state index in [1.807, 2.05) is 12.3 Å². The molecule has 0 aromatic carbocycles. The van der Waals surface area contributed by atoms with Crippen LogP contribution in [0.2, 0.25) is 13.3 Å². The molecule has 1 aromatic heterocycles. The number of ether oxygens (including phenoxy) is 2. The minimum absolute atomic E-state index is 0.315. The quantitative estimate of drug-likeness (QED) is 0.323. The van der Waals surface area contributed by atoms with E-state index in [0.717, 1.165) is 5.75 Å². The van der Waals surface area contributed by atoms with Gasteiger partial charge in [0.1, 0.15) is 0 Å². The van der Waals surface area contributed by atoms with Crippen LogP contribution in [0.5, 0.6) is 5.75 Å². The van der Waals surface area contributed by atoms with Gasteiger partial charge >= 0.3 is 147 Å². The van der Waals surface area contributed by atoms with Crippen LogP contribution in [-0.2, 0) is 4.74 Å². The molecule has 1 heterocycles. The second-order valence-electron chi connectivity index (χ2n) is 6.49.